The third kappa shape index (κ3) is 2.67. The average Bonchev–Trinajstić information content (AvgIpc) is 2.89. The third-order valence-corrected chi connectivity index (χ3v) is 3.43. The molecule has 0 radical (unpaired) electrons. The maximum Gasteiger partial charge on any atom is 0.272 e. The average molecular weight is 287 g/mol. The lowest BCUT2D eigenvalue weighted by molar-refractivity contribution is 0.0924. The Kier molecular flexibility index (Phi) is 3.47. The second-order valence-electron chi connectivity index (χ2n) is 4.98. The number of aromatic nitrogens is 3. The Morgan fingerprint density at radius 2 is 2.24 bits per heavy atom. The zero-order chi connectivity index (χ0) is 14.8. The Balaban J connectivity index is 1.57. The largest absolute Gasteiger partial charge is 0.493 e. The first-order chi connectivity index (χ1) is 10.2. The fourth-order valence-electron chi connectivity index (χ4n) is 2.32. The molecule has 3 rings (SSSR count). The van der Waals surface area contributed by atoms with Crippen LogP contribution in [-0.4, -0.2) is 46.9 Å². The first-order valence-corrected chi connectivity index (χ1v) is 6.72. The van der Waals surface area contributed by atoms with Crippen molar-refractivity contribution in [2.75, 3.05) is 25.1 Å². The van der Waals surface area contributed by atoms with Gasteiger partial charge >= 0.3 is 0 Å². The first kappa shape index (κ1) is 13.4. The van der Waals surface area contributed by atoms with E-state index < -0.39 is 0 Å². The van der Waals surface area contributed by atoms with Gasteiger partial charge in [0.2, 0.25) is 0 Å². The summed E-state index contributed by atoms with van der Waals surface area (Å²) >= 11 is 0. The van der Waals surface area contributed by atoms with E-state index in [0.717, 1.165) is 11.6 Å². The second-order valence-corrected chi connectivity index (χ2v) is 4.98. The van der Waals surface area contributed by atoms with Crippen molar-refractivity contribution < 1.29 is 9.53 Å². The summed E-state index contributed by atoms with van der Waals surface area (Å²) in [5.41, 5.74) is 0.436. The van der Waals surface area contributed by atoms with Crippen molar-refractivity contribution in [1.29, 1.82) is 0 Å². The number of pyridine rings is 1. The Morgan fingerprint density at radius 3 is 2.90 bits per heavy atom. The van der Waals surface area contributed by atoms with Crippen LogP contribution in [0.1, 0.15) is 10.5 Å². The fourth-order valence-corrected chi connectivity index (χ4v) is 2.32. The Bertz CT molecular complexity index is 648. The van der Waals surface area contributed by atoms with E-state index in [-0.39, 0.29) is 11.9 Å². The molecule has 0 bridgehead atoms. The van der Waals surface area contributed by atoms with Gasteiger partial charge in [-0.3, -0.25) is 9.48 Å². The molecule has 0 aliphatic carbocycles. The van der Waals surface area contributed by atoms with Crippen molar-refractivity contribution in [3.05, 3.63) is 36.3 Å². The number of nitrogens with one attached hydrogen (secondary N) is 1. The molecule has 1 N–H and O–H groups in total. The van der Waals surface area contributed by atoms with Gasteiger partial charge in [-0.1, -0.05) is 0 Å². The molecule has 110 valence electrons. The van der Waals surface area contributed by atoms with Crippen LogP contribution < -0.4 is 15.0 Å². The molecular formula is C14H17N5O2. The smallest absolute Gasteiger partial charge is 0.272 e. The van der Waals surface area contributed by atoms with Gasteiger partial charge in [0.25, 0.3) is 5.91 Å². The summed E-state index contributed by atoms with van der Waals surface area (Å²) < 4.78 is 6.90. The molecule has 1 aliphatic rings. The van der Waals surface area contributed by atoms with E-state index in [2.05, 4.69) is 20.3 Å². The molecule has 1 aliphatic heterocycles. The number of methoxy groups -OCH3 is 1. The lowest BCUT2D eigenvalue weighted by Gasteiger charge is -2.40. The predicted molar refractivity (Wildman–Crippen MR) is 77.5 cm³/mol. The number of rotatable bonds is 4. The highest BCUT2D eigenvalue weighted by molar-refractivity contribution is 5.92. The van der Waals surface area contributed by atoms with Crippen molar-refractivity contribution in [2.24, 2.45) is 7.05 Å². The summed E-state index contributed by atoms with van der Waals surface area (Å²) in [4.78, 5) is 18.4. The molecule has 2 aromatic heterocycles. The molecule has 7 heteroatoms. The fraction of sp³-hybridized carbons (Fsp3) is 0.357. The second kappa shape index (κ2) is 5.43. The molecule has 0 unspecified atom stereocenters. The number of nitrogens with zero attached hydrogens (tertiary/aromatic N) is 4. The minimum atomic E-state index is -0.145. The third-order valence-electron chi connectivity index (χ3n) is 3.43. The summed E-state index contributed by atoms with van der Waals surface area (Å²) in [5, 5.41) is 7.04. The maximum atomic E-state index is 12.0. The van der Waals surface area contributed by atoms with Crippen LogP contribution in [0.25, 0.3) is 0 Å². The molecule has 0 saturated carbocycles. The lowest BCUT2D eigenvalue weighted by Crippen LogP contribution is -2.59. The summed E-state index contributed by atoms with van der Waals surface area (Å²) in [7, 11) is 3.41. The van der Waals surface area contributed by atoms with Crippen LogP contribution >= 0.6 is 0 Å². The minimum absolute atomic E-state index is 0.103. The highest BCUT2D eigenvalue weighted by atomic mass is 16.5. The molecule has 7 nitrogen and oxygen atoms in total. The van der Waals surface area contributed by atoms with Crippen LogP contribution in [0.5, 0.6) is 5.75 Å². The standard InChI is InChI=1S/C14H17N5O2/c1-18-7-5-11(17-18)14(20)16-10-8-19(9-10)13-12(21-2)4-3-6-15-13/h3-7,10H,8-9H2,1-2H3,(H,16,20). The van der Waals surface area contributed by atoms with Crippen molar-refractivity contribution in [2.45, 2.75) is 6.04 Å². The number of hydrogen-bond acceptors (Lipinski definition) is 5. The number of ether oxygens (including phenoxy) is 1. The number of anilines is 1. The predicted octanol–water partition coefficient (Wildman–Crippen LogP) is 0.442. The SMILES string of the molecule is COc1cccnc1N1CC(NC(=O)c2ccn(C)n2)C1. The number of hydrogen-bond donors (Lipinski definition) is 1. The van der Waals surface area contributed by atoms with E-state index in [1.807, 2.05) is 12.1 Å². The lowest BCUT2D eigenvalue weighted by atomic mass is 10.1. The zero-order valence-corrected chi connectivity index (χ0v) is 12.0. The van der Waals surface area contributed by atoms with Crippen LogP contribution in [0.4, 0.5) is 5.82 Å². The number of carbonyl (C=O) groups is 1. The molecular weight excluding hydrogens is 270 g/mol. The summed E-state index contributed by atoms with van der Waals surface area (Å²) in [5.74, 6) is 1.41. The molecule has 0 atom stereocenters. The van der Waals surface area contributed by atoms with E-state index in [0.29, 0.717) is 18.8 Å². The van der Waals surface area contributed by atoms with Crippen LogP contribution in [0, 0.1) is 0 Å². The van der Waals surface area contributed by atoms with Gasteiger partial charge in [0.1, 0.15) is 5.69 Å². The van der Waals surface area contributed by atoms with Gasteiger partial charge in [-0.05, 0) is 18.2 Å². The van der Waals surface area contributed by atoms with E-state index in [9.17, 15) is 4.79 Å². The van der Waals surface area contributed by atoms with Crippen LogP contribution in [0.3, 0.4) is 0 Å². The van der Waals surface area contributed by atoms with Crippen molar-refractivity contribution in [3.63, 3.8) is 0 Å². The van der Waals surface area contributed by atoms with Crippen LogP contribution in [0.15, 0.2) is 30.6 Å². The summed E-state index contributed by atoms with van der Waals surface area (Å²) in [6.45, 7) is 1.43. The molecule has 0 aromatic carbocycles. The van der Waals surface area contributed by atoms with Crippen molar-refractivity contribution >= 4 is 11.7 Å². The quantitative estimate of drug-likeness (QED) is 0.883. The molecule has 2 aromatic rings. The van der Waals surface area contributed by atoms with Gasteiger partial charge in [0.15, 0.2) is 11.6 Å². The maximum absolute atomic E-state index is 12.0. The molecule has 3 heterocycles. The zero-order valence-electron chi connectivity index (χ0n) is 12.0. The van der Waals surface area contributed by atoms with Gasteiger partial charge < -0.3 is 15.0 Å². The molecule has 1 fully saturated rings. The first-order valence-electron chi connectivity index (χ1n) is 6.72. The topological polar surface area (TPSA) is 72.3 Å². The van der Waals surface area contributed by atoms with Gasteiger partial charge in [-0.15, -0.1) is 0 Å². The molecule has 1 saturated heterocycles. The van der Waals surface area contributed by atoms with E-state index in [4.69, 9.17) is 4.74 Å². The monoisotopic (exact) mass is 287 g/mol. The minimum Gasteiger partial charge on any atom is -0.493 e. The van der Waals surface area contributed by atoms with E-state index >= 15 is 0 Å². The van der Waals surface area contributed by atoms with E-state index in [1.165, 1.54) is 0 Å². The van der Waals surface area contributed by atoms with E-state index in [1.54, 1.807) is 37.3 Å². The number of amides is 1. The summed E-state index contributed by atoms with van der Waals surface area (Å²) in [6.07, 6.45) is 3.48. The highest BCUT2D eigenvalue weighted by Gasteiger charge is 2.31. The highest BCUT2D eigenvalue weighted by Crippen LogP contribution is 2.28. The van der Waals surface area contributed by atoms with Crippen molar-refractivity contribution in [3.8, 4) is 5.75 Å². The van der Waals surface area contributed by atoms with Gasteiger partial charge in [0.05, 0.1) is 13.2 Å². The van der Waals surface area contributed by atoms with Crippen LogP contribution in [-0.2, 0) is 7.05 Å². The normalized spacial score (nSPS) is 14.7. The summed E-state index contributed by atoms with van der Waals surface area (Å²) in [6, 6.07) is 5.52. The number of aryl methyl sites for hydroxylation is 1. The molecule has 21 heavy (non-hydrogen) atoms. The number of carbonyl (C=O) groups excluding carboxylic acids is 1. The van der Waals surface area contributed by atoms with Gasteiger partial charge in [-0.2, -0.15) is 5.10 Å². The Labute approximate surface area is 122 Å². The molecule has 0 spiro atoms. The van der Waals surface area contributed by atoms with Crippen LogP contribution in [0.2, 0.25) is 0 Å². The molecule has 1 amide bonds. The van der Waals surface area contributed by atoms with Gasteiger partial charge in [0, 0.05) is 32.5 Å². The Hall–Kier alpha value is -2.57. The Morgan fingerprint density at radius 1 is 1.43 bits per heavy atom. The van der Waals surface area contributed by atoms with Gasteiger partial charge in [-0.25, -0.2) is 4.98 Å². The van der Waals surface area contributed by atoms with Crippen molar-refractivity contribution in [1.82, 2.24) is 20.1 Å².